The first kappa shape index (κ1) is 11.4. The molecule has 2 aromatic rings. The summed E-state index contributed by atoms with van der Waals surface area (Å²) < 4.78 is 0. The second-order valence-electron chi connectivity index (χ2n) is 3.88. The summed E-state index contributed by atoms with van der Waals surface area (Å²) in [6, 6.07) is 14.5. The third-order valence-corrected chi connectivity index (χ3v) is 2.76. The Bertz CT molecular complexity index is 540. The van der Waals surface area contributed by atoms with Crippen LogP contribution in [-0.2, 0) is 11.2 Å². The van der Waals surface area contributed by atoms with Gasteiger partial charge in [-0.15, -0.1) is 0 Å². The zero-order chi connectivity index (χ0) is 12.1. The number of benzene rings is 2. The monoisotopic (exact) mass is 225 g/mol. The molecule has 0 aromatic heterocycles. The van der Waals surface area contributed by atoms with E-state index in [1.165, 1.54) is 22.4 Å². The normalized spacial score (nSPS) is 10.1. The lowest BCUT2D eigenvalue weighted by atomic mass is 10.0. The molecule has 0 bridgehead atoms. The zero-order valence-corrected chi connectivity index (χ0v) is 9.65. The summed E-state index contributed by atoms with van der Waals surface area (Å²) in [5.41, 5.74) is 1.26. The Morgan fingerprint density at radius 1 is 1.18 bits per heavy atom. The molecule has 2 rings (SSSR count). The molecule has 0 spiro atoms. The number of hydrogen-bond donors (Lipinski definition) is 1. The van der Waals surface area contributed by atoms with Crippen molar-refractivity contribution in [3.63, 3.8) is 0 Å². The van der Waals surface area contributed by atoms with E-state index in [1.54, 1.807) is 0 Å². The minimum absolute atomic E-state index is 0.120. The van der Waals surface area contributed by atoms with Crippen LogP contribution in [0.3, 0.4) is 0 Å². The molecule has 0 radical (unpaired) electrons. The van der Waals surface area contributed by atoms with E-state index in [2.05, 4.69) is 36.2 Å². The summed E-state index contributed by atoms with van der Waals surface area (Å²) in [4.78, 5) is 11.0. The van der Waals surface area contributed by atoms with Crippen molar-refractivity contribution in [2.24, 2.45) is 0 Å². The Kier molecular flexibility index (Phi) is 3.55. The van der Waals surface area contributed by atoms with Crippen molar-refractivity contribution in [2.45, 2.75) is 6.42 Å². The van der Waals surface area contributed by atoms with Crippen molar-refractivity contribution in [3.8, 4) is 0 Å². The molecule has 0 fully saturated rings. The molecule has 2 nitrogen and oxygen atoms in total. The fraction of sp³-hybridized carbons (Fsp3) is 0.133. The SMILES string of the molecule is C=CC(=O)NCCc1cccc2ccccc12. The third-order valence-electron chi connectivity index (χ3n) is 2.76. The molecule has 0 aliphatic heterocycles. The molecule has 86 valence electrons. The maximum absolute atomic E-state index is 11.0. The first-order chi connectivity index (χ1) is 8.31. The van der Waals surface area contributed by atoms with Crippen LogP contribution in [0.15, 0.2) is 55.1 Å². The van der Waals surface area contributed by atoms with Gasteiger partial charge in [-0.05, 0) is 28.8 Å². The number of hydrogen-bond acceptors (Lipinski definition) is 1. The van der Waals surface area contributed by atoms with Crippen LogP contribution in [0.4, 0.5) is 0 Å². The van der Waals surface area contributed by atoms with Crippen LogP contribution in [0.25, 0.3) is 10.8 Å². The Morgan fingerprint density at radius 2 is 1.94 bits per heavy atom. The van der Waals surface area contributed by atoms with Gasteiger partial charge in [-0.1, -0.05) is 49.0 Å². The second kappa shape index (κ2) is 5.30. The summed E-state index contributed by atoms with van der Waals surface area (Å²) >= 11 is 0. The molecule has 0 saturated carbocycles. The fourth-order valence-corrected chi connectivity index (χ4v) is 1.90. The molecule has 0 aliphatic carbocycles. The van der Waals surface area contributed by atoms with E-state index in [4.69, 9.17) is 0 Å². The average molecular weight is 225 g/mol. The summed E-state index contributed by atoms with van der Waals surface area (Å²) in [6.07, 6.45) is 2.13. The highest BCUT2D eigenvalue weighted by atomic mass is 16.1. The maximum Gasteiger partial charge on any atom is 0.243 e. The van der Waals surface area contributed by atoms with Gasteiger partial charge in [0, 0.05) is 6.54 Å². The summed E-state index contributed by atoms with van der Waals surface area (Å²) in [5, 5.41) is 5.28. The van der Waals surface area contributed by atoms with E-state index in [-0.39, 0.29) is 5.91 Å². The summed E-state index contributed by atoms with van der Waals surface area (Å²) in [6.45, 7) is 4.06. The van der Waals surface area contributed by atoms with Crippen LogP contribution in [0.5, 0.6) is 0 Å². The molecule has 0 unspecified atom stereocenters. The van der Waals surface area contributed by atoms with Gasteiger partial charge in [0.1, 0.15) is 0 Å². The average Bonchev–Trinajstić information content (AvgIpc) is 2.39. The number of nitrogens with one attached hydrogen (secondary N) is 1. The quantitative estimate of drug-likeness (QED) is 0.796. The third kappa shape index (κ3) is 2.72. The minimum Gasteiger partial charge on any atom is -0.352 e. The highest BCUT2D eigenvalue weighted by Gasteiger charge is 2.00. The van der Waals surface area contributed by atoms with E-state index < -0.39 is 0 Å². The lowest BCUT2D eigenvalue weighted by Gasteiger charge is -2.06. The van der Waals surface area contributed by atoms with Gasteiger partial charge in [-0.25, -0.2) is 0 Å². The lowest BCUT2D eigenvalue weighted by Crippen LogP contribution is -2.23. The van der Waals surface area contributed by atoms with Gasteiger partial charge in [-0.3, -0.25) is 4.79 Å². The number of carbonyl (C=O) groups excluding carboxylic acids is 1. The zero-order valence-electron chi connectivity index (χ0n) is 9.65. The van der Waals surface area contributed by atoms with E-state index >= 15 is 0 Å². The van der Waals surface area contributed by atoms with Crippen molar-refractivity contribution in [1.82, 2.24) is 5.32 Å². The molecule has 0 heterocycles. The van der Waals surface area contributed by atoms with E-state index in [0.29, 0.717) is 6.54 Å². The Balaban J connectivity index is 2.13. The molecule has 0 saturated heterocycles. The van der Waals surface area contributed by atoms with E-state index in [1.807, 2.05) is 18.2 Å². The molecular weight excluding hydrogens is 210 g/mol. The first-order valence-corrected chi connectivity index (χ1v) is 5.68. The molecule has 2 aromatic carbocycles. The Morgan fingerprint density at radius 3 is 2.76 bits per heavy atom. The van der Waals surface area contributed by atoms with Crippen LogP contribution in [0, 0.1) is 0 Å². The smallest absolute Gasteiger partial charge is 0.243 e. The number of fused-ring (bicyclic) bond motifs is 1. The minimum atomic E-state index is -0.120. The summed E-state index contributed by atoms with van der Waals surface area (Å²) in [7, 11) is 0. The molecular formula is C15H15NO. The van der Waals surface area contributed by atoms with E-state index in [9.17, 15) is 4.79 Å². The predicted octanol–water partition coefficient (Wildman–Crippen LogP) is 2.68. The first-order valence-electron chi connectivity index (χ1n) is 5.68. The van der Waals surface area contributed by atoms with Crippen molar-refractivity contribution in [2.75, 3.05) is 6.54 Å². The maximum atomic E-state index is 11.0. The lowest BCUT2D eigenvalue weighted by molar-refractivity contribution is -0.116. The Hall–Kier alpha value is -2.09. The standard InChI is InChI=1S/C15H15NO/c1-2-15(17)16-11-10-13-8-5-7-12-6-3-4-9-14(12)13/h2-9H,1,10-11H2,(H,16,17). The Labute approximate surface area is 101 Å². The molecule has 17 heavy (non-hydrogen) atoms. The van der Waals surface area contributed by atoms with Gasteiger partial charge >= 0.3 is 0 Å². The van der Waals surface area contributed by atoms with Crippen molar-refractivity contribution in [1.29, 1.82) is 0 Å². The van der Waals surface area contributed by atoms with Crippen LogP contribution in [0.2, 0.25) is 0 Å². The van der Waals surface area contributed by atoms with Crippen molar-refractivity contribution in [3.05, 3.63) is 60.7 Å². The van der Waals surface area contributed by atoms with Crippen LogP contribution >= 0.6 is 0 Å². The molecule has 1 amide bonds. The van der Waals surface area contributed by atoms with Crippen molar-refractivity contribution < 1.29 is 4.79 Å². The van der Waals surface area contributed by atoms with Gasteiger partial charge in [0.15, 0.2) is 0 Å². The second-order valence-corrected chi connectivity index (χ2v) is 3.88. The largest absolute Gasteiger partial charge is 0.352 e. The number of rotatable bonds is 4. The number of amides is 1. The van der Waals surface area contributed by atoms with Crippen LogP contribution in [-0.4, -0.2) is 12.5 Å². The summed E-state index contributed by atoms with van der Waals surface area (Å²) in [5.74, 6) is -0.120. The molecule has 0 atom stereocenters. The van der Waals surface area contributed by atoms with Gasteiger partial charge in [0.2, 0.25) is 5.91 Å². The van der Waals surface area contributed by atoms with Gasteiger partial charge < -0.3 is 5.32 Å². The highest BCUT2D eigenvalue weighted by molar-refractivity contribution is 5.87. The van der Waals surface area contributed by atoms with Gasteiger partial charge in [0.05, 0.1) is 0 Å². The van der Waals surface area contributed by atoms with Gasteiger partial charge in [-0.2, -0.15) is 0 Å². The predicted molar refractivity (Wildman–Crippen MR) is 70.9 cm³/mol. The molecule has 2 heteroatoms. The van der Waals surface area contributed by atoms with Gasteiger partial charge in [0.25, 0.3) is 0 Å². The van der Waals surface area contributed by atoms with E-state index in [0.717, 1.165) is 6.42 Å². The molecule has 0 aliphatic rings. The van der Waals surface area contributed by atoms with Crippen molar-refractivity contribution >= 4 is 16.7 Å². The topological polar surface area (TPSA) is 29.1 Å². The van der Waals surface area contributed by atoms with Crippen LogP contribution in [0.1, 0.15) is 5.56 Å². The number of carbonyl (C=O) groups is 1. The molecule has 1 N–H and O–H groups in total. The fourth-order valence-electron chi connectivity index (χ4n) is 1.90. The highest BCUT2D eigenvalue weighted by Crippen LogP contribution is 2.18. The van der Waals surface area contributed by atoms with Crippen LogP contribution < -0.4 is 5.32 Å².